The van der Waals surface area contributed by atoms with E-state index in [2.05, 4.69) is 25.3 Å². The topological polar surface area (TPSA) is 58.1 Å². The molecule has 0 radical (unpaired) electrons. The average Bonchev–Trinajstić information content (AvgIpc) is 2.64. The number of rotatable bonds is 8. The molecule has 10 heteroatoms. The highest BCUT2D eigenvalue weighted by atomic mass is 127. The fourth-order valence-electron chi connectivity index (χ4n) is 2.77. The molecule has 28 heavy (non-hydrogen) atoms. The average molecular weight is 516 g/mol. The summed E-state index contributed by atoms with van der Waals surface area (Å²) < 4.78 is 46.8. The highest BCUT2D eigenvalue weighted by Gasteiger charge is 2.31. The number of morpholine rings is 1. The number of halogens is 4. The molecular formula is C18H28F3IN4O2. The molecule has 1 aromatic carbocycles. The molecule has 0 atom stereocenters. The van der Waals surface area contributed by atoms with Gasteiger partial charge >= 0.3 is 6.36 Å². The number of para-hydroxylation sites is 1. The minimum absolute atomic E-state index is 0. The fraction of sp³-hybridized carbons (Fsp3) is 0.611. The van der Waals surface area contributed by atoms with E-state index in [9.17, 15) is 13.2 Å². The summed E-state index contributed by atoms with van der Waals surface area (Å²) in [4.78, 5) is 6.48. The number of alkyl halides is 3. The van der Waals surface area contributed by atoms with Gasteiger partial charge in [-0.25, -0.2) is 0 Å². The Morgan fingerprint density at radius 1 is 1.18 bits per heavy atom. The van der Waals surface area contributed by atoms with Gasteiger partial charge in [-0.15, -0.1) is 37.1 Å². The molecule has 1 saturated heterocycles. The number of ether oxygens (including phenoxy) is 2. The summed E-state index contributed by atoms with van der Waals surface area (Å²) >= 11 is 0. The first-order valence-electron chi connectivity index (χ1n) is 9.06. The first kappa shape index (κ1) is 24.8. The van der Waals surface area contributed by atoms with Crippen LogP contribution in [0.25, 0.3) is 0 Å². The molecule has 0 bridgehead atoms. The summed E-state index contributed by atoms with van der Waals surface area (Å²) in [5.74, 6) is 0.335. The molecule has 2 N–H and O–H groups in total. The maximum absolute atomic E-state index is 12.5. The second-order valence-corrected chi connectivity index (χ2v) is 6.17. The Hall–Kier alpha value is -1.27. The number of nitrogens with zero attached hydrogens (tertiary/aromatic N) is 2. The second kappa shape index (κ2) is 13.0. The Bertz CT molecular complexity index is 596. The van der Waals surface area contributed by atoms with E-state index in [1.807, 2.05) is 0 Å². The molecule has 1 aliphatic rings. The lowest BCUT2D eigenvalue weighted by Crippen LogP contribution is -2.38. The molecule has 1 heterocycles. The van der Waals surface area contributed by atoms with Crippen LogP contribution >= 0.6 is 24.0 Å². The van der Waals surface area contributed by atoms with Crippen LogP contribution in [-0.2, 0) is 11.3 Å². The van der Waals surface area contributed by atoms with Gasteiger partial charge < -0.3 is 20.1 Å². The summed E-state index contributed by atoms with van der Waals surface area (Å²) in [5.41, 5.74) is 0.407. The Kier molecular flexibility index (Phi) is 11.5. The van der Waals surface area contributed by atoms with Gasteiger partial charge in [-0.2, -0.15) is 0 Å². The van der Waals surface area contributed by atoms with Crippen LogP contribution in [0.4, 0.5) is 13.2 Å². The number of guanidine groups is 1. The molecular weight excluding hydrogens is 488 g/mol. The molecule has 0 aliphatic carbocycles. The first-order chi connectivity index (χ1) is 13.0. The second-order valence-electron chi connectivity index (χ2n) is 6.17. The van der Waals surface area contributed by atoms with Gasteiger partial charge in [0.15, 0.2) is 5.96 Å². The smallest absolute Gasteiger partial charge is 0.405 e. The number of nitrogens with one attached hydrogen (secondary N) is 2. The molecule has 0 amide bonds. The fourth-order valence-corrected chi connectivity index (χ4v) is 2.77. The van der Waals surface area contributed by atoms with Crippen molar-refractivity contribution in [3.8, 4) is 5.75 Å². The van der Waals surface area contributed by atoms with Crippen molar-refractivity contribution in [1.29, 1.82) is 0 Å². The molecule has 1 aliphatic heterocycles. The van der Waals surface area contributed by atoms with Crippen LogP contribution in [0.2, 0.25) is 0 Å². The van der Waals surface area contributed by atoms with Gasteiger partial charge in [-0.05, 0) is 25.5 Å². The minimum atomic E-state index is -4.71. The standard InChI is InChI=1S/C18H27F3N4O2.HI/c1-22-17(23-8-4-5-9-25-10-12-26-13-11-25)24-14-15-6-2-3-7-16(15)27-18(19,20)21;/h2-3,6-7H,4-5,8-14H2,1H3,(H2,22,23,24);1H. The van der Waals surface area contributed by atoms with Crippen molar-refractivity contribution in [2.45, 2.75) is 25.7 Å². The van der Waals surface area contributed by atoms with Crippen molar-refractivity contribution in [1.82, 2.24) is 15.5 Å². The Balaban J connectivity index is 0.00000392. The molecule has 1 fully saturated rings. The molecule has 2 rings (SSSR count). The lowest BCUT2D eigenvalue weighted by atomic mass is 10.2. The zero-order chi connectivity index (χ0) is 19.5. The summed E-state index contributed by atoms with van der Waals surface area (Å²) in [6.07, 6.45) is -2.67. The molecule has 0 aromatic heterocycles. The molecule has 1 aromatic rings. The monoisotopic (exact) mass is 516 g/mol. The van der Waals surface area contributed by atoms with E-state index in [1.165, 1.54) is 12.1 Å². The van der Waals surface area contributed by atoms with Crippen LogP contribution in [0, 0.1) is 0 Å². The van der Waals surface area contributed by atoms with Crippen LogP contribution in [0.3, 0.4) is 0 Å². The lowest BCUT2D eigenvalue weighted by molar-refractivity contribution is -0.274. The van der Waals surface area contributed by atoms with E-state index < -0.39 is 6.36 Å². The van der Waals surface area contributed by atoms with Crippen LogP contribution in [-0.4, -0.2) is 63.7 Å². The predicted molar refractivity (Wildman–Crippen MR) is 113 cm³/mol. The molecule has 0 spiro atoms. The third-order valence-corrected chi connectivity index (χ3v) is 4.17. The number of unbranched alkanes of at least 4 members (excludes halogenated alkanes) is 1. The SMILES string of the molecule is CN=C(NCCCCN1CCOCC1)NCc1ccccc1OC(F)(F)F.I. The Labute approximate surface area is 180 Å². The molecule has 0 saturated carbocycles. The van der Waals surface area contributed by atoms with Gasteiger partial charge in [0, 0.05) is 38.8 Å². The zero-order valence-corrected chi connectivity index (χ0v) is 18.3. The summed E-state index contributed by atoms with van der Waals surface area (Å²) in [7, 11) is 1.63. The quantitative estimate of drug-likeness (QED) is 0.241. The van der Waals surface area contributed by atoms with E-state index in [4.69, 9.17) is 4.74 Å². The van der Waals surface area contributed by atoms with Gasteiger partial charge in [-0.1, -0.05) is 18.2 Å². The number of aliphatic imine (C=N–C) groups is 1. The molecule has 0 unspecified atom stereocenters. The number of hydrogen-bond donors (Lipinski definition) is 2. The predicted octanol–water partition coefficient (Wildman–Crippen LogP) is 2.98. The van der Waals surface area contributed by atoms with Crippen LogP contribution in [0.5, 0.6) is 5.75 Å². The Morgan fingerprint density at radius 3 is 2.57 bits per heavy atom. The van der Waals surface area contributed by atoms with E-state index in [0.29, 0.717) is 11.5 Å². The third-order valence-electron chi connectivity index (χ3n) is 4.17. The van der Waals surface area contributed by atoms with Gasteiger partial charge in [0.05, 0.1) is 13.2 Å². The van der Waals surface area contributed by atoms with Crippen molar-refractivity contribution in [3.63, 3.8) is 0 Å². The first-order valence-corrected chi connectivity index (χ1v) is 9.06. The largest absolute Gasteiger partial charge is 0.573 e. The third kappa shape index (κ3) is 9.78. The van der Waals surface area contributed by atoms with Gasteiger partial charge in [0.2, 0.25) is 0 Å². The summed E-state index contributed by atoms with van der Waals surface area (Å²) in [6, 6.07) is 6.06. The molecule has 160 valence electrons. The van der Waals surface area contributed by atoms with Crippen molar-refractivity contribution in [2.24, 2.45) is 4.99 Å². The van der Waals surface area contributed by atoms with Crippen molar-refractivity contribution < 1.29 is 22.6 Å². The van der Waals surface area contributed by atoms with Gasteiger partial charge in [0.25, 0.3) is 0 Å². The Morgan fingerprint density at radius 2 is 1.89 bits per heavy atom. The van der Waals surface area contributed by atoms with Crippen molar-refractivity contribution in [3.05, 3.63) is 29.8 Å². The minimum Gasteiger partial charge on any atom is -0.405 e. The summed E-state index contributed by atoms with van der Waals surface area (Å²) in [6.45, 7) is 5.53. The lowest BCUT2D eigenvalue weighted by Gasteiger charge is -2.26. The van der Waals surface area contributed by atoms with Crippen molar-refractivity contribution >= 4 is 29.9 Å². The van der Waals surface area contributed by atoms with Gasteiger partial charge in [0.1, 0.15) is 5.75 Å². The van der Waals surface area contributed by atoms with E-state index in [1.54, 1.807) is 19.2 Å². The number of hydrogen-bond acceptors (Lipinski definition) is 4. The van der Waals surface area contributed by atoms with Gasteiger partial charge in [-0.3, -0.25) is 9.89 Å². The van der Waals surface area contributed by atoms with Crippen LogP contribution in [0.1, 0.15) is 18.4 Å². The van der Waals surface area contributed by atoms with Crippen LogP contribution in [0.15, 0.2) is 29.3 Å². The maximum Gasteiger partial charge on any atom is 0.573 e. The normalized spacial score (nSPS) is 15.6. The zero-order valence-electron chi connectivity index (χ0n) is 15.9. The van der Waals surface area contributed by atoms with Crippen LogP contribution < -0.4 is 15.4 Å². The van der Waals surface area contributed by atoms with Crippen molar-refractivity contribution in [2.75, 3.05) is 46.4 Å². The number of benzene rings is 1. The van der Waals surface area contributed by atoms with E-state index >= 15 is 0 Å². The highest BCUT2D eigenvalue weighted by Crippen LogP contribution is 2.25. The van der Waals surface area contributed by atoms with E-state index in [-0.39, 0.29) is 36.3 Å². The maximum atomic E-state index is 12.5. The van der Waals surface area contributed by atoms with E-state index in [0.717, 1.165) is 52.2 Å². The molecule has 6 nitrogen and oxygen atoms in total. The summed E-state index contributed by atoms with van der Waals surface area (Å²) in [5, 5.41) is 6.19. The highest BCUT2D eigenvalue weighted by molar-refractivity contribution is 14.0.